The molecule has 86 valence electrons. The highest BCUT2D eigenvalue weighted by molar-refractivity contribution is 9.12. The van der Waals surface area contributed by atoms with Gasteiger partial charge in [-0.2, -0.15) is 0 Å². The van der Waals surface area contributed by atoms with Gasteiger partial charge in [-0.15, -0.1) is 0 Å². The molecule has 1 saturated heterocycles. The van der Waals surface area contributed by atoms with E-state index in [4.69, 9.17) is 9.47 Å². The van der Waals surface area contributed by atoms with Crippen LogP contribution in [0.4, 0.5) is 0 Å². The summed E-state index contributed by atoms with van der Waals surface area (Å²) in [6.07, 6.45) is 1.30. The summed E-state index contributed by atoms with van der Waals surface area (Å²) < 4.78 is 11.4. The van der Waals surface area contributed by atoms with E-state index in [0.717, 1.165) is 5.57 Å². The van der Waals surface area contributed by atoms with Crippen molar-refractivity contribution in [2.75, 3.05) is 6.61 Å². The fourth-order valence-corrected chi connectivity index (χ4v) is 3.02. The van der Waals surface area contributed by atoms with Gasteiger partial charge in [-0.3, -0.25) is 0 Å². The van der Waals surface area contributed by atoms with Crippen molar-refractivity contribution in [2.24, 2.45) is 0 Å². The minimum absolute atomic E-state index is 0.0264. The van der Waals surface area contributed by atoms with Crippen molar-refractivity contribution >= 4 is 31.9 Å². The quantitative estimate of drug-likeness (QED) is 0.541. The Morgan fingerprint density at radius 3 is 2.73 bits per heavy atom. The summed E-state index contributed by atoms with van der Waals surface area (Å²) in [5, 5.41) is 9.75. The Morgan fingerprint density at radius 1 is 1.40 bits per heavy atom. The van der Waals surface area contributed by atoms with Crippen molar-refractivity contribution in [3.05, 3.63) is 11.6 Å². The monoisotopic (exact) mass is 340 g/mol. The van der Waals surface area contributed by atoms with Gasteiger partial charge < -0.3 is 14.6 Å². The SMILES string of the molecule is CC1(C)OCC2=C[C@H](O)[C@@H](Br)[C@H](Br)[C@H]2O1. The van der Waals surface area contributed by atoms with Gasteiger partial charge in [0.25, 0.3) is 0 Å². The lowest BCUT2D eigenvalue weighted by molar-refractivity contribution is -0.253. The summed E-state index contributed by atoms with van der Waals surface area (Å²) in [6.45, 7) is 4.33. The average molecular weight is 342 g/mol. The van der Waals surface area contributed by atoms with Crippen molar-refractivity contribution < 1.29 is 14.6 Å². The first kappa shape index (κ1) is 12.0. The first-order chi connectivity index (χ1) is 6.91. The summed E-state index contributed by atoms with van der Waals surface area (Å²) >= 11 is 7.02. The maximum absolute atomic E-state index is 9.75. The molecule has 0 unspecified atom stereocenters. The molecule has 0 aromatic heterocycles. The Labute approximate surface area is 106 Å². The third kappa shape index (κ3) is 2.31. The van der Waals surface area contributed by atoms with Gasteiger partial charge >= 0.3 is 0 Å². The zero-order valence-corrected chi connectivity index (χ0v) is 11.8. The molecule has 0 radical (unpaired) electrons. The van der Waals surface area contributed by atoms with E-state index >= 15 is 0 Å². The first-order valence-electron chi connectivity index (χ1n) is 4.89. The second-order valence-electron chi connectivity index (χ2n) is 4.35. The van der Waals surface area contributed by atoms with Crippen LogP contribution in [0.5, 0.6) is 0 Å². The zero-order valence-electron chi connectivity index (χ0n) is 8.61. The summed E-state index contributed by atoms with van der Waals surface area (Å²) in [5.74, 6) is -0.553. The number of fused-ring (bicyclic) bond motifs is 1. The molecular weight excluding hydrogens is 328 g/mol. The van der Waals surface area contributed by atoms with Crippen LogP contribution in [-0.2, 0) is 9.47 Å². The van der Waals surface area contributed by atoms with Crippen LogP contribution in [0.2, 0.25) is 0 Å². The van der Waals surface area contributed by atoms with E-state index in [2.05, 4.69) is 31.9 Å². The van der Waals surface area contributed by atoms with Gasteiger partial charge in [0, 0.05) is 0 Å². The molecule has 1 heterocycles. The van der Waals surface area contributed by atoms with Gasteiger partial charge in [-0.25, -0.2) is 0 Å². The Bertz CT molecular complexity index is 290. The molecule has 0 bridgehead atoms. The molecule has 0 aromatic carbocycles. The van der Waals surface area contributed by atoms with Crippen molar-refractivity contribution in [3.63, 3.8) is 0 Å². The molecule has 1 aliphatic heterocycles. The van der Waals surface area contributed by atoms with Crippen LogP contribution in [-0.4, -0.2) is 39.4 Å². The second kappa shape index (κ2) is 4.11. The van der Waals surface area contributed by atoms with Gasteiger partial charge in [0.2, 0.25) is 0 Å². The lowest BCUT2D eigenvalue weighted by atomic mass is 9.93. The Balaban J connectivity index is 2.24. The summed E-state index contributed by atoms with van der Waals surface area (Å²) in [5.41, 5.74) is 1.01. The smallest absolute Gasteiger partial charge is 0.164 e. The van der Waals surface area contributed by atoms with Crippen molar-refractivity contribution in [1.29, 1.82) is 0 Å². The van der Waals surface area contributed by atoms with Crippen LogP contribution in [0.1, 0.15) is 13.8 Å². The molecule has 1 fully saturated rings. The molecular formula is C10H14Br2O3. The molecule has 0 spiro atoms. The highest BCUT2D eigenvalue weighted by Gasteiger charge is 2.43. The van der Waals surface area contributed by atoms with Crippen LogP contribution in [0.15, 0.2) is 11.6 Å². The Morgan fingerprint density at radius 2 is 2.07 bits per heavy atom. The topological polar surface area (TPSA) is 38.7 Å². The van der Waals surface area contributed by atoms with Crippen molar-refractivity contribution in [2.45, 2.75) is 41.5 Å². The second-order valence-corrected chi connectivity index (χ2v) is 6.46. The molecule has 15 heavy (non-hydrogen) atoms. The van der Waals surface area contributed by atoms with E-state index < -0.39 is 11.9 Å². The van der Waals surface area contributed by atoms with Gasteiger partial charge in [0.1, 0.15) is 0 Å². The minimum atomic E-state index is -0.553. The third-order valence-electron chi connectivity index (χ3n) is 2.67. The molecule has 1 aliphatic carbocycles. The highest BCUT2D eigenvalue weighted by atomic mass is 79.9. The zero-order chi connectivity index (χ0) is 11.2. The maximum Gasteiger partial charge on any atom is 0.164 e. The van der Waals surface area contributed by atoms with Gasteiger partial charge in [0.15, 0.2) is 5.79 Å². The number of rotatable bonds is 0. The van der Waals surface area contributed by atoms with E-state index in [1.165, 1.54) is 0 Å². The fraction of sp³-hybridized carbons (Fsp3) is 0.800. The number of hydrogen-bond donors (Lipinski definition) is 1. The highest BCUT2D eigenvalue weighted by Crippen LogP contribution is 2.38. The standard InChI is InChI=1S/C10H14Br2O3/c1-10(2)14-4-5-3-6(13)7(11)8(12)9(5)15-10/h3,6-9,13H,4H2,1-2H3/t6-,7+,8-,9-/m0/s1. The van der Waals surface area contributed by atoms with Crippen LogP contribution < -0.4 is 0 Å². The normalized spacial score (nSPS) is 44.5. The van der Waals surface area contributed by atoms with Crippen LogP contribution in [0.25, 0.3) is 0 Å². The number of aliphatic hydroxyl groups excluding tert-OH is 1. The minimum Gasteiger partial charge on any atom is -0.388 e. The van der Waals surface area contributed by atoms with Gasteiger partial charge in [-0.05, 0) is 19.4 Å². The van der Waals surface area contributed by atoms with E-state index in [1.54, 1.807) is 0 Å². The van der Waals surface area contributed by atoms with E-state index in [0.29, 0.717) is 6.61 Å². The number of aliphatic hydroxyl groups is 1. The number of halogens is 2. The molecule has 1 N–H and O–H groups in total. The Hall–Kier alpha value is 0.580. The molecule has 2 aliphatic rings. The number of alkyl halides is 2. The molecule has 0 saturated carbocycles. The summed E-state index contributed by atoms with van der Waals surface area (Å²) in [7, 11) is 0. The predicted octanol–water partition coefficient (Wildman–Crippen LogP) is 1.97. The Kier molecular flexibility index (Phi) is 3.30. The van der Waals surface area contributed by atoms with Crippen molar-refractivity contribution in [1.82, 2.24) is 0 Å². The first-order valence-corrected chi connectivity index (χ1v) is 6.72. The molecule has 3 nitrogen and oxygen atoms in total. The molecule has 0 aromatic rings. The number of ether oxygens (including phenoxy) is 2. The molecule has 2 rings (SSSR count). The summed E-state index contributed by atoms with van der Waals surface area (Å²) in [6, 6.07) is 0. The fourth-order valence-electron chi connectivity index (χ4n) is 1.83. The summed E-state index contributed by atoms with van der Waals surface area (Å²) in [4.78, 5) is 0.0378. The lowest BCUT2D eigenvalue weighted by Crippen LogP contribution is -2.51. The molecule has 4 atom stereocenters. The largest absolute Gasteiger partial charge is 0.388 e. The van der Waals surface area contributed by atoms with Gasteiger partial charge in [-0.1, -0.05) is 37.9 Å². The van der Waals surface area contributed by atoms with Gasteiger partial charge in [0.05, 0.1) is 28.5 Å². The third-order valence-corrected chi connectivity index (χ3v) is 5.54. The number of hydrogen-bond acceptors (Lipinski definition) is 3. The predicted molar refractivity (Wildman–Crippen MR) is 64.4 cm³/mol. The lowest BCUT2D eigenvalue weighted by Gasteiger charge is -2.43. The van der Waals surface area contributed by atoms with Crippen LogP contribution in [0.3, 0.4) is 0 Å². The van der Waals surface area contributed by atoms with E-state index in [-0.39, 0.29) is 15.8 Å². The van der Waals surface area contributed by atoms with E-state index in [9.17, 15) is 5.11 Å². The average Bonchev–Trinajstić information content (AvgIpc) is 2.16. The maximum atomic E-state index is 9.75. The van der Waals surface area contributed by atoms with Crippen LogP contribution >= 0.6 is 31.9 Å². The van der Waals surface area contributed by atoms with E-state index in [1.807, 2.05) is 19.9 Å². The van der Waals surface area contributed by atoms with Crippen molar-refractivity contribution in [3.8, 4) is 0 Å². The molecule has 0 amide bonds. The molecule has 5 heteroatoms. The van der Waals surface area contributed by atoms with Crippen LogP contribution in [0, 0.1) is 0 Å².